The van der Waals surface area contributed by atoms with Gasteiger partial charge in [-0.2, -0.15) is 0 Å². The van der Waals surface area contributed by atoms with Crippen molar-refractivity contribution in [3.05, 3.63) is 23.0 Å². The van der Waals surface area contributed by atoms with Gasteiger partial charge in [0.2, 0.25) is 0 Å². The van der Waals surface area contributed by atoms with Gasteiger partial charge in [0.05, 0.1) is 6.54 Å². The van der Waals surface area contributed by atoms with Crippen molar-refractivity contribution in [1.29, 1.82) is 0 Å². The van der Waals surface area contributed by atoms with Crippen molar-refractivity contribution in [1.82, 2.24) is 4.57 Å². The van der Waals surface area contributed by atoms with Crippen LogP contribution >= 0.6 is 0 Å². The van der Waals surface area contributed by atoms with Crippen LogP contribution in [0.4, 0.5) is 0 Å². The quantitative estimate of drug-likeness (QED) is 0.651. The molecule has 0 amide bonds. The normalized spacial score (nSPS) is 9.83. The van der Waals surface area contributed by atoms with Gasteiger partial charge in [-0.05, 0) is 25.5 Å². The number of hydrogen-bond acceptors (Lipinski definition) is 1. The van der Waals surface area contributed by atoms with E-state index in [1.165, 1.54) is 17.0 Å². The Balaban J connectivity index is 3.11. The van der Waals surface area contributed by atoms with Crippen LogP contribution in [0.25, 0.3) is 0 Å². The zero-order valence-electron chi connectivity index (χ0n) is 7.59. The van der Waals surface area contributed by atoms with Crippen LogP contribution in [0.15, 0.2) is 6.07 Å². The van der Waals surface area contributed by atoms with Crippen LogP contribution in [-0.4, -0.2) is 4.57 Å². The van der Waals surface area contributed by atoms with Crippen molar-refractivity contribution < 1.29 is 0 Å². The predicted octanol–water partition coefficient (Wildman–Crippen LogP) is 1.20. The zero-order valence-corrected chi connectivity index (χ0v) is 7.59. The first-order valence-electron chi connectivity index (χ1n) is 3.99. The minimum absolute atomic E-state index is 0.588. The molecule has 1 heterocycles. The Morgan fingerprint density at radius 3 is 2.67 bits per heavy atom. The molecular formula is C10H14N2. The fourth-order valence-corrected chi connectivity index (χ4v) is 1.41. The first-order chi connectivity index (χ1) is 5.70. The van der Waals surface area contributed by atoms with Gasteiger partial charge in [0.15, 0.2) is 0 Å². The van der Waals surface area contributed by atoms with Crippen LogP contribution in [-0.2, 0) is 13.1 Å². The number of aryl methyl sites for hydroxylation is 1. The van der Waals surface area contributed by atoms with Gasteiger partial charge < -0.3 is 10.3 Å². The van der Waals surface area contributed by atoms with Crippen molar-refractivity contribution in [3.63, 3.8) is 0 Å². The summed E-state index contributed by atoms with van der Waals surface area (Å²) in [5.41, 5.74) is 9.12. The molecular weight excluding hydrogens is 148 g/mol. The van der Waals surface area contributed by atoms with Crippen LogP contribution in [0.2, 0.25) is 0 Å². The standard InChI is InChI=1S/C10H14N2/c1-4-5-12-8(2)6-10(7-11)9(12)3/h1,6H,5,7,11H2,2-3H3. The van der Waals surface area contributed by atoms with Crippen LogP contribution < -0.4 is 5.73 Å². The lowest BCUT2D eigenvalue weighted by Gasteiger charge is -2.04. The molecule has 0 spiro atoms. The zero-order chi connectivity index (χ0) is 9.14. The van der Waals surface area contributed by atoms with E-state index in [2.05, 4.69) is 16.6 Å². The Morgan fingerprint density at radius 2 is 2.25 bits per heavy atom. The molecule has 0 aromatic carbocycles. The first-order valence-corrected chi connectivity index (χ1v) is 3.99. The first kappa shape index (κ1) is 8.89. The predicted molar refractivity (Wildman–Crippen MR) is 50.6 cm³/mol. The van der Waals surface area contributed by atoms with E-state index in [4.69, 9.17) is 12.2 Å². The SMILES string of the molecule is C#CCn1c(C)cc(CN)c1C. The van der Waals surface area contributed by atoms with E-state index >= 15 is 0 Å². The summed E-state index contributed by atoms with van der Waals surface area (Å²) in [5, 5.41) is 0. The minimum atomic E-state index is 0.588. The number of hydrogen-bond donors (Lipinski definition) is 1. The molecule has 0 bridgehead atoms. The van der Waals surface area contributed by atoms with E-state index in [0.29, 0.717) is 13.1 Å². The minimum Gasteiger partial charge on any atom is -0.337 e. The maximum absolute atomic E-state index is 5.56. The molecule has 1 aromatic heterocycles. The molecule has 2 N–H and O–H groups in total. The fourth-order valence-electron chi connectivity index (χ4n) is 1.41. The lowest BCUT2D eigenvalue weighted by atomic mass is 10.2. The van der Waals surface area contributed by atoms with Crippen LogP contribution in [0.3, 0.4) is 0 Å². The summed E-state index contributed by atoms with van der Waals surface area (Å²) < 4.78 is 2.10. The molecule has 0 unspecified atom stereocenters. The second kappa shape index (κ2) is 3.46. The average molecular weight is 162 g/mol. The third-order valence-electron chi connectivity index (χ3n) is 2.15. The third-order valence-corrected chi connectivity index (χ3v) is 2.15. The number of aromatic nitrogens is 1. The molecule has 0 fully saturated rings. The molecule has 0 saturated carbocycles. The Bertz CT molecular complexity index is 315. The highest BCUT2D eigenvalue weighted by molar-refractivity contribution is 5.27. The number of terminal acetylenes is 1. The molecule has 0 aliphatic heterocycles. The molecule has 1 rings (SSSR count). The molecule has 2 heteroatoms. The van der Waals surface area contributed by atoms with E-state index < -0.39 is 0 Å². The Kier molecular flexibility index (Phi) is 2.57. The van der Waals surface area contributed by atoms with Crippen molar-refractivity contribution in [3.8, 4) is 12.3 Å². The third kappa shape index (κ3) is 1.37. The molecule has 1 aromatic rings. The monoisotopic (exact) mass is 162 g/mol. The molecule has 64 valence electrons. The van der Waals surface area contributed by atoms with E-state index in [0.717, 1.165) is 0 Å². The topological polar surface area (TPSA) is 30.9 Å². The molecule has 0 aliphatic rings. The summed E-state index contributed by atoms with van der Waals surface area (Å²) in [5.74, 6) is 2.63. The Labute approximate surface area is 73.4 Å². The highest BCUT2D eigenvalue weighted by Gasteiger charge is 2.05. The van der Waals surface area contributed by atoms with Gasteiger partial charge in [-0.15, -0.1) is 6.42 Å². The highest BCUT2D eigenvalue weighted by atomic mass is 15.0. The molecule has 0 saturated heterocycles. The summed E-state index contributed by atoms with van der Waals surface area (Å²) in [6, 6.07) is 2.09. The number of nitrogens with two attached hydrogens (primary N) is 1. The summed E-state index contributed by atoms with van der Waals surface area (Å²) >= 11 is 0. The lowest BCUT2D eigenvalue weighted by Crippen LogP contribution is -2.02. The molecule has 2 nitrogen and oxygen atoms in total. The Morgan fingerprint density at radius 1 is 1.58 bits per heavy atom. The van der Waals surface area contributed by atoms with Gasteiger partial charge in [-0.25, -0.2) is 0 Å². The molecule has 0 aliphatic carbocycles. The second-order valence-electron chi connectivity index (χ2n) is 2.89. The van der Waals surface area contributed by atoms with Crippen molar-refractivity contribution in [2.24, 2.45) is 5.73 Å². The maximum Gasteiger partial charge on any atom is 0.0834 e. The average Bonchev–Trinajstić information content (AvgIpc) is 2.32. The number of rotatable bonds is 2. The smallest absolute Gasteiger partial charge is 0.0834 e. The van der Waals surface area contributed by atoms with E-state index in [1.54, 1.807) is 0 Å². The van der Waals surface area contributed by atoms with Crippen LogP contribution in [0.5, 0.6) is 0 Å². The van der Waals surface area contributed by atoms with Crippen LogP contribution in [0.1, 0.15) is 17.0 Å². The van der Waals surface area contributed by atoms with Crippen molar-refractivity contribution in [2.75, 3.05) is 0 Å². The summed E-state index contributed by atoms with van der Waals surface area (Å²) in [6.45, 7) is 5.32. The highest BCUT2D eigenvalue weighted by Crippen LogP contribution is 2.13. The summed E-state index contributed by atoms with van der Waals surface area (Å²) in [6.07, 6.45) is 5.25. The Hall–Kier alpha value is -1.20. The fraction of sp³-hybridized carbons (Fsp3) is 0.400. The van der Waals surface area contributed by atoms with E-state index in [1.807, 2.05) is 13.8 Å². The molecule has 0 radical (unpaired) electrons. The van der Waals surface area contributed by atoms with Crippen molar-refractivity contribution >= 4 is 0 Å². The van der Waals surface area contributed by atoms with Gasteiger partial charge >= 0.3 is 0 Å². The van der Waals surface area contributed by atoms with Gasteiger partial charge in [0, 0.05) is 17.9 Å². The van der Waals surface area contributed by atoms with E-state index in [9.17, 15) is 0 Å². The van der Waals surface area contributed by atoms with Gasteiger partial charge in [0.1, 0.15) is 0 Å². The summed E-state index contributed by atoms with van der Waals surface area (Å²) in [7, 11) is 0. The van der Waals surface area contributed by atoms with Crippen LogP contribution in [0, 0.1) is 26.2 Å². The van der Waals surface area contributed by atoms with Gasteiger partial charge in [0.25, 0.3) is 0 Å². The maximum atomic E-state index is 5.56. The summed E-state index contributed by atoms with van der Waals surface area (Å²) in [4.78, 5) is 0. The van der Waals surface area contributed by atoms with Crippen molar-refractivity contribution in [2.45, 2.75) is 26.9 Å². The van der Waals surface area contributed by atoms with Gasteiger partial charge in [-0.3, -0.25) is 0 Å². The van der Waals surface area contributed by atoms with E-state index in [-0.39, 0.29) is 0 Å². The lowest BCUT2D eigenvalue weighted by molar-refractivity contribution is 0.778. The second-order valence-corrected chi connectivity index (χ2v) is 2.89. The number of nitrogens with zero attached hydrogens (tertiary/aromatic N) is 1. The largest absolute Gasteiger partial charge is 0.337 e. The molecule has 12 heavy (non-hydrogen) atoms. The molecule has 0 atom stereocenters. The van der Waals surface area contributed by atoms with Gasteiger partial charge in [-0.1, -0.05) is 5.92 Å².